The van der Waals surface area contributed by atoms with Gasteiger partial charge in [0.15, 0.2) is 0 Å². The van der Waals surface area contributed by atoms with E-state index in [0.717, 1.165) is 50.1 Å². The summed E-state index contributed by atoms with van der Waals surface area (Å²) >= 11 is 0. The first-order valence-corrected chi connectivity index (χ1v) is 9.91. The second kappa shape index (κ2) is 9.46. The summed E-state index contributed by atoms with van der Waals surface area (Å²) in [5.74, 6) is 0.168. The molecule has 2 aromatic rings. The first-order chi connectivity index (χ1) is 13.6. The Labute approximate surface area is 165 Å². The highest BCUT2D eigenvalue weighted by Crippen LogP contribution is 2.25. The summed E-state index contributed by atoms with van der Waals surface area (Å²) < 4.78 is 0. The van der Waals surface area contributed by atoms with Crippen LogP contribution in [0.15, 0.2) is 54.6 Å². The van der Waals surface area contributed by atoms with Gasteiger partial charge in [0, 0.05) is 49.9 Å². The van der Waals surface area contributed by atoms with E-state index in [1.165, 1.54) is 6.07 Å². The molecule has 2 aromatic carbocycles. The lowest BCUT2D eigenvalue weighted by molar-refractivity contribution is -0.384. The number of hydrogen-bond acceptors (Lipinski definition) is 4. The highest BCUT2D eigenvalue weighted by molar-refractivity contribution is 5.93. The molecule has 0 saturated carbocycles. The number of benzene rings is 2. The van der Waals surface area contributed by atoms with E-state index >= 15 is 0 Å². The molecule has 0 radical (unpaired) electrons. The lowest BCUT2D eigenvalue weighted by atomic mass is 10.0. The average Bonchev–Trinajstić information content (AvgIpc) is 2.74. The number of para-hydroxylation sites is 1. The highest BCUT2D eigenvalue weighted by Gasteiger charge is 2.28. The number of carbonyl (C=O) groups excluding carboxylic acids is 1. The van der Waals surface area contributed by atoms with Gasteiger partial charge in [-0.15, -0.1) is 0 Å². The van der Waals surface area contributed by atoms with Crippen molar-refractivity contribution in [2.24, 2.45) is 0 Å². The number of rotatable bonds is 7. The molecule has 148 valence electrons. The van der Waals surface area contributed by atoms with Crippen LogP contribution in [-0.2, 0) is 11.2 Å². The lowest BCUT2D eigenvalue weighted by Crippen LogP contribution is -2.47. The molecular weight excluding hydrogens is 354 g/mol. The van der Waals surface area contributed by atoms with Gasteiger partial charge in [-0.1, -0.05) is 37.3 Å². The molecule has 6 heteroatoms. The van der Waals surface area contributed by atoms with Crippen molar-refractivity contribution < 1.29 is 9.72 Å². The van der Waals surface area contributed by atoms with Crippen LogP contribution in [0.2, 0.25) is 0 Å². The van der Waals surface area contributed by atoms with Crippen LogP contribution in [0.5, 0.6) is 0 Å². The summed E-state index contributed by atoms with van der Waals surface area (Å²) in [7, 11) is 0. The van der Waals surface area contributed by atoms with Gasteiger partial charge in [0.25, 0.3) is 5.69 Å². The predicted molar refractivity (Wildman–Crippen MR) is 110 cm³/mol. The number of carbonyl (C=O) groups is 1. The fraction of sp³-hybridized carbons (Fsp3) is 0.409. The van der Waals surface area contributed by atoms with Crippen LogP contribution in [0.3, 0.4) is 0 Å². The zero-order chi connectivity index (χ0) is 19.9. The molecule has 1 amide bonds. The normalized spacial score (nSPS) is 15.3. The van der Waals surface area contributed by atoms with E-state index in [4.69, 9.17) is 0 Å². The fourth-order valence-electron chi connectivity index (χ4n) is 3.83. The molecule has 1 aliphatic rings. The van der Waals surface area contributed by atoms with Gasteiger partial charge in [-0.25, -0.2) is 0 Å². The number of nitro benzene ring substituents is 1. The minimum Gasteiger partial charge on any atom is -0.309 e. The van der Waals surface area contributed by atoms with E-state index in [0.29, 0.717) is 6.42 Å². The molecule has 28 heavy (non-hydrogen) atoms. The second-order valence-electron chi connectivity index (χ2n) is 7.20. The number of anilines is 1. The maximum Gasteiger partial charge on any atom is 0.269 e. The largest absolute Gasteiger partial charge is 0.309 e. The van der Waals surface area contributed by atoms with E-state index in [2.05, 4.69) is 4.90 Å². The highest BCUT2D eigenvalue weighted by atomic mass is 16.6. The maximum atomic E-state index is 12.5. The molecule has 1 fully saturated rings. The van der Waals surface area contributed by atoms with Crippen molar-refractivity contribution in [3.63, 3.8) is 0 Å². The Balaban J connectivity index is 1.56. The fourth-order valence-corrected chi connectivity index (χ4v) is 3.83. The number of nitro groups is 1. The van der Waals surface area contributed by atoms with Crippen LogP contribution in [0, 0.1) is 10.1 Å². The van der Waals surface area contributed by atoms with Crippen molar-refractivity contribution in [2.75, 3.05) is 24.5 Å². The van der Waals surface area contributed by atoms with Crippen molar-refractivity contribution in [3.05, 3.63) is 70.3 Å². The van der Waals surface area contributed by atoms with Crippen molar-refractivity contribution in [2.45, 2.75) is 38.6 Å². The summed E-state index contributed by atoms with van der Waals surface area (Å²) in [6, 6.07) is 17.0. The topological polar surface area (TPSA) is 66.7 Å². The number of hydrogen-bond donors (Lipinski definition) is 0. The van der Waals surface area contributed by atoms with Crippen LogP contribution < -0.4 is 4.90 Å². The predicted octanol–water partition coefficient (Wildman–Crippen LogP) is 4.04. The van der Waals surface area contributed by atoms with Gasteiger partial charge in [-0.05, 0) is 37.0 Å². The molecule has 1 heterocycles. The SMILES string of the molecule is CCC(=O)N(c1ccccc1)C1CCN(CCc2cccc([N+](=O)[O-])c2)CC1. The number of amides is 1. The summed E-state index contributed by atoms with van der Waals surface area (Å²) in [4.78, 5) is 27.5. The van der Waals surface area contributed by atoms with Crippen LogP contribution in [0.1, 0.15) is 31.7 Å². The van der Waals surface area contributed by atoms with Crippen molar-refractivity contribution in [1.82, 2.24) is 4.90 Å². The van der Waals surface area contributed by atoms with Gasteiger partial charge in [0.1, 0.15) is 0 Å². The van der Waals surface area contributed by atoms with Crippen LogP contribution in [-0.4, -0.2) is 41.4 Å². The first kappa shape index (κ1) is 20.0. The Bertz CT molecular complexity index is 802. The van der Waals surface area contributed by atoms with E-state index < -0.39 is 0 Å². The van der Waals surface area contributed by atoms with Crippen molar-refractivity contribution >= 4 is 17.3 Å². The second-order valence-corrected chi connectivity index (χ2v) is 7.20. The first-order valence-electron chi connectivity index (χ1n) is 9.91. The van der Waals surface area contributed by atoms with Gasteiger partial charge in [-0.2, -0.15) is 0 Å². The number of non-ortho nitro benzene ring substituents is 1. The Morgan fingerprint density at radius 2 is 1.86 bits per heavy atom. The molecule has 0 N–H and O–H groups in total. The average molecular weight is 381 g/mol. The Morgan fingerprint density at radius 3 is 2.50 bits per heavy atom. The third kappa shape index (κ3) is 4.95. The lowest BCUT2D eigenvalue weighted by Gasteiger charge is -2.38. The zero-order valence-corrected chi connectivity index (χ0v) is 16.3. The summed E-state index contributed by atoms with van der Waals surface area (Å²) in [5.41, 5.74) is 2.11. The maximum absolute atomic E-state index is 12.5. The third-order valence-corrected chi connectivity index (χ3v) is 5.37. The molecule has 0 spiro atoms. The summed E-state index contributed by atoms with van der Waals surface area (Å²) in [5, 5.41) is 10.9. The Kier molecular flexibility index (Phi) is 6.76. The van der Waals surface area contributed by atoms with Crippen LogP contribution in [0.25, 0.3) is 0 Å². The molecule has 0 bridgehead atoms. The van der Waals surface area contributed by atoms with E-state index in [1.807, 2.05) is 48.2 Å². The zero-order valence-electron chi connectivity index (χ0n) is 16.3. The van der Waals surface area contributed by atoms with E-state index in [9.17, 15) is 14.9 Å². The molecule has 1 saturated heterocycles. The van der Waals surface area contributed by atoms with Gasteiger partial charge < -0.3 is 9.80 Å². The van der Waals surface area contributed by atoms with Gasteiger partial charge in [0.2, 0.25) is 5.91 Å². The van der Waals surface area contributed by atoms with E-state index in [-0.39, 0.29) is 22.6 Å². The Hall–Kier alpha value is -2.73. The molecule has 3 rings (SSSR count). The molecule has 1 aliphatic heterocycles. The smallest absolute Gasteiger partial charge is 0.269 e. The van der Waals surface area contributed by atoms with Gasteiger partial charge in [-0.3, -0.25) is 14.9 Å². The molecule has 0 aliphatic carbocycles. The van der Waals surface area contributed by atoms with E-state index in [1.54, 1.807) is 12.1 Å². The van der Waals surface area contributed by atoms with Crippen LogP contribution >= 0.6 is 0 Å². The standard InChI is InChI=1S/C22H27N3O3/c1-2-22(26)24(19-8-4-3-5-9-19)20-12-15-23(16-13-20)14-11-18-7-6-10-21(17-18)25(27)28/h3-10,17,20H,2,11-16H2,1H3. The molecule has 0 aromatic heterocycles. The molecule has 6 nitrogen and oxygen atoms in total. The number of likely N-dealkylation sites (tertiary alicyclic amines) is 1. The third-order valence-electron chi connectivity index (χ3n) is 5.37. The minimum atomic E-state index is -0.349. The quantitative estimate of drug-likeness (QED) is 0.536. The van der Waals surface area contributed by atoms with Gasteiger partial charge >= 0.3 is 0 Å². The van der Waals surface area contributed by atoms with Gasteiger partial charge in [0.05, 0.1) is 4.92 Å². The molecule has 0 unspecified atom stereocenters. The van der Waals surface area contributed by atoms with Crippen molar-refractivity contribution in [1.29, 1.82) is 0 Å². The van der Waals surface area contributed by atoms with Crippen LogP contribution in [0.4, 0.5) is 11.4 Å². The molecular formula is C22H27N3O3. The molecule has 0 atom stereocenters. The Morgan fingerprint density at radius 1 is 1.14 bits per heavy atom. The van der Waals surface area contributed by atoms with Crippen molar-refractivity contribution in [3.8, 4) is 0 Å². The number of nitrogens with zero attached hydrogens (tertiary/aromatic N) is 3. The summed E-state index contributed by atoms with van der Waals surface area (Å²) in [6.45, 7) is 4.65. The number of piperidine rings is 1. The minimum absolute atomic E-state index is 0.146. The monoisotopic (exact) mass is 381 g/mol. The summed E-state index contributed by atoms with van der Waals surface area (Å²) in [6.07, 6.45) is 3.18.